The number of hydrogen-bond acceptors (Lipinski definition) is 16. The maximum Gasteiger partial charge on any atom is 0.312 e. The Balaban J connectivity index is 1.64. The molecule has 1 amide bonds. The fourth-order valence-electron chi connectivity index (χ4n) is 8.26. The average molecular weight is 867 g/mol. The van der Waals surface area contributed by atoms with Gasteiger partial charge in [0.15, 0.2) is 5.75 Å². The number of aliphatic hydroxyl groups excluding tert-OH is 2. The molecule has 62 heavy (non-hydrogen) atoms. The number of benzene rings is 2. The third-order valence-corrected chi connectivity index (χ3v) is 12.4. The molecular weight excluding hydrogens is 805 g/mol. The van der Waals surface area contributed by atoms with Crippen molar-refractivity contribution < 1.29 is 63.7 Å². The molecule has 4 aliphatic rings. The van der Waals surface area contributed by atoms with E-state index in [0.29, 0.717) is 6.54 Å². The van der Waals surface area contributed by atoms with E-state index in [-0.39, 0.29) is 51.1 Å². The monoisotopic (exact) mass is 866 g/mol. The van der Waals surface area contributed by atoms with Gasteiger partial charge in [-0.15, -0.1) is 0 Å². The Bertz CT molecular complexity index is 2130. The lowest BCUT2D eigenvalue weighted by molar-refractivity contribution is -0.160. The van der Waals surface area contributed by atoms with Crippen molar-refractivity contribution in [3.05, 3.63) is 52.8 Å². The number of aromatic hydroxyl groups is 3. The molecule has 0 aromatic heterocycles. The van der Waals surface area contributed by atoms with E-state index in [2.05, 4.69) is 27.3 Å². The molecular formula is C45H62N4O13. The van der Waals surface area contributed by atoms with Crippen molar-refractivity contribution in [2.24, 2.45) is 28.8 Å². The number of carbonyl (C=O) groups is 3. The number of likely N-dealkylation sites (N-methyl/N-ethyl adjacent to an activating group) is 1. The highest BCUT2D eigenvalue weighted by molar-refractivity contribution is 6.23. The number of fused-ring (bicyclic) bond motifs is 14. The summed E-state index contributed by atoms with van der Waals surface area (Å²) >= 11 is 0. The molecule has 1 fully saturated rings. The lowest BCUT2D eigenvalue weighted by Gasteiger charge is -2.38. The lowest BCUT2D eigenvalue weighted by Crippen LogP contribution is -2.46. The zero-order chi connectivity index (χ0) is 45.8. The number of hydrogen-bond donors (Lipinski definition) is 6. The summed E-state index contributed by atoms with van der Waals surface area (Å²) in [7, 11) is 3.49. The Morgan fingerprint density at radius 1 is 0.968 bits per heavy atom. The number of nitrogens with one attached hydrogen (secondary N) is 1. The van der Waals surface area contributed by atoms with E-state index in [1.165, 1.54) is 53.2 Å². The molecule has 17 heteroatoms. The molecule has 1 saturated heterocycles. The molecule has 340 valence electrons. The number of phenols is 3. The first kappa shape index (κ1) is 47.8. The number of rotatable bonds is 7. The van der Waals surface area contributed by atoms with Gasteiger partial charge in [0.05, 0.1) is 53.0 Å². The van der Waals surface area contributed by atoms with Gasteiger partial charge in [0.1, 0.15) is 30.0 Å². The number of amides is 1. The Morgan fingerprint density at radius 3 is 2.29 bits per heavy atom. The Kier molecular flexibility index (Phi) is 15.3. The summed E-state index contributed by atoms with van der Waals surface area (Å²) in [6, 6.07) is 0. The minimum Gasteiger partial charge on any atom is -0.507 e. The molecule has 5 bridgehead atoms. The van der Waals surface area contributed by atoms with Crippen LogP contribution in [0, 0.1) is 30.6 Å². The topological polar surface area (TPSA) is 229 Å². The minimum atomic E-state index is -2.06. The Morgan fingerprint density at radius 2 is 1.65 bits per heavy atom. The van der Waals surface area contributed by atoms with E-state index in [4.69, 9.17) is 23.8 Å². The van der Waals surface area contributed by atoms with Crippen LogP contribution in [0.2, 0.25) is 0 Å². The highest BCUT2D eigenvalue weighted by Gasteiger charge is 2.50. The number of allylic oxidation sites excluding steroid dienone is 2. The highest BCUT2D eigenvalue weighted by Crippen LogP contribution is 2.55. The van der Waals surface area contributed by atoms with Crippen LogP contribution in [-0.2, 0) is 28.6 Å². The maximum absolute atomic E-state index is 14.4. The van der Waals surface area contributed by atoms with Crippen molar-refractivity contribution >= 4 is 40.3 Å². The Labute approximate surface area is 362 Å². The number of anilines is 1. The second-order valence-electron chi connectivity index (χ2n) is 16.8. The van der Waals surface area contributed by atoms with E-state index >= 15 is 0 Å². The van der Waals surface area contributed by atoms with Gasteiger partial charge in [-0.1, -0.05) is 51.1 Å². The molecule has 2 aromatic rings. The molecule has 2 aromatic carbocycles. The molecule has 9 atom stereocenters. The molecule has 6 rings (SSSR count). The van der Waals surface area contributed by atoms with Gasteiger partial charge < -0.3 is 59.5 Å². The number of ether oxygens (including phenoxy) is 4. The van der Waals surface area contributed by atoms with Gasteiger partial charge in [-0.2, -0.15) is 0 Å². The van der Waals surface area contributed by atoms with Crippen molar-refractivity contribution in [3.63, 3.8) is 0 Å². The van der Waals surface area contributed by atoms with Crippen molar-refractivity contribution in [2.45, 2.75) is 85.6 Å². The number of Topliss-reactive ketones (excluding diaryl/α,β-unsaturated/α-hetero) is 1. The zero-order valence-corrected chi connectivity index (χ0v) is 37.2. The van der Waals surface area contributed by atoms with Gasteiger partial charge in [-0.05, 0) is 27.0 Å². The minimum absolute atomic E-state index is 0.0372. The number of oxime groups is 1. The quantitative estimate of drug-likeness (QED) is 0.0568. The number of piperazine rings is 1. The van der Waals surface area contributed by atoms with E-state index in [9.17, 15) is 39.9 Å². The number of aliphatic hydroxyl groups is 2. The fraction of sp³-hybridized carbons (Fsp3) is 0.556. The summed E-state index contributed by atoms with van der Waals surface area (Å²) in [5.41, 5.74) is -0.582. The van der Waals surface area contributed by atoms with Crippen LogP contribution >= 0.6 is 0 Å². The van der Waals surface area contributed by atoms with Crippen LogP contribution in [0.5, 0.6) is 23.0 Å². The van der Waals surface area contributed by atoms with E-state index in [1.807, 2.05) is 0 Å². The van der Waals surface area contributed by atoms with E-state index in [1.54, 1.807) is 39.8 Å². The molecule has 0 radical (unpaired) electrons. The van der Waals surface area contributed by atoms with Crippen molar-refractivity contribution in [2.75, 3.05) is 58.8 Å². The SMILES string of the molecule is CO[C@H]1/C=C/O[C@@]2(C)Oc3c(C)c(O)c4c(O)c(c(/C=N/OCCN5CCN(C)CC5)c(O)c4c3C2=O)NC(=O)/C(C)=C\C=C\[C@H](C)[C@H](O)[C@@H](C)[C@@H](O)[C@@H](C)[C@H](OC(C)=O)[C@@H]1C. The molecule has 0 saturated carbocycles. The van der Waals surface area contributed by atoms with Crippen LogP contribution in [0.1, 0.15) is 70.0 Å². The average Bonchev–Trinajstić information content (AvgIpc) is 3.50. The first-order valence-electron chi connectivity index (χ1n) is 20.9. The lowest BCUT2D eigenvalue weighted by atomic mass is 9.78. The van der Waals surface area contributed by atoms with Crippen LogP contribution in [0.15, 0.2) is 41.3 Å². The summed E-state index contributed by atoms with van der Waals surface area (Å²) in [6.45, 7) is 16.8. The van der Waals surface area contributed by atoms with Crippen LogP contribution < -0.4 is 10.1 Å². The highest BCUT2D eigenvalue weighted by atomic mass is 16.7. The third kappa shape index (κ3) is 9.87. The number of nitrogens with zero attached hydrogens (tertiary/aromatic N) is 3. The van der Waals surface area contributed by atoms with E-state index < -0.39 is 88.8 Å². The van der Waals surface area contributed by atoms with Gasteiger partial charge in [-0.3, -0.25) is 19.3 Å². The summed E-state index contributed by atoms with van der Waals surface area (Å²) in [4.78, 5) is 50.6. The van der Waals surface area contributed by atoms with Crippen LogP contribution in [0.4, 0.5) is 5.69 Å². The van der Waals surface area contributed by atoms with E-state index in [0.717, 1.165) is 32.4 Å². The molecule has 4 aliphatic heterocycles. The van der Waals surface area contributed by atoms with Gasteiger partial charge >= 0.3 is 11.8 Å². The summed E-state index contributed by atoms with van der Waals surface area (Å²) in [5, 5.41) is 64.5. The third-order valence-electron chi connectivity index (χ3n) is 12.4. The molecule has 4 heterocycles. The Hall–Kier alpha value is -5.20. The van der Waals surface area contributed by atoms with Gasteiger partial charge in [0.25, 0.3) is 11.7 Å². The first-order valence-corrected chi connectivity index (χ1v) is 20.9. The van der Waals surface area contributed by atoms with Gasteiger partial charge in [0.2, 0.25) is 0 Å². The first-order chi connectivity index (χ1) is 29.2. The van der Waals surface area contributed by atoms with Crippen LogP contribution in [0.3, 0.4) is 0 Å². The predicted molar refractivity (Wildman–Crippen MR) is 231 cm³/mol. The van der Waals surface area contributed by atoms with Crippen molar-refractivity contribution in [1.82, 2.24) is 9.80 Å². The molecule has 6 N–H and O–H groups in total. The normalized spacial score (nSPS) is 31.3. The molecule has 17 nitrogen and oxygen atoms in total. The fourth-order valence-corrected chi connectivity index (χ4v) is 8.26. The smallest absolute Gasteiger partial charge is 0.312 e. The number of carbonyl (C=O) groups excluding carboxylic acids is 3. The van der Waals surface area contributed by atoms with Gasteiger partial charge in [0, 0.05) is 93.9 Å². The number of methoxy groups -OCH3 is 1. The largest absolute Gasteiger partial charge is 0.507 e. The maximum atomic E-state index is 14.4. The summed E-state index contributed by atoms with van der Waals surface area (Å²) in [6.07, 6.45) is 4.58. The predicted octanol–water partition coefficient (Wildman–Crippen LogP) is 4.35. The van der Waals surface area contributed by atoms with Crippen molar-refractivity contribution in [1.29, 1.82) is 0 Å². The second-order valence-corrected chi connectivity index (χ2v) is 16.8. The number of esters is 1. The molecule has 0 aliphatic carbocycles. The number of ketones is 1. The van der Waals surface area contributed by atoms with Crippen LogP contribution in [-0.4, -0.2) is 143 Å². The number of phenolic OH excluding ortho intramolecular Hbond substituents is 3. The standard InChI is InChI=1S/C45H62N4O13/c1-23-12-11-13-24(2)44(57)47-35-30(22-46-60-21-19-49-17-15-48(9)16-18-49)39(54)32-33(40(35)55)38(53)28(6)42-34(32)43(56)45(8,62-42)59-20-14-31(58-10)25(3)41(61-29(7)50)27(5)37(52)26(4)36(23)51/h11-14,20,22-23,25-27,31,36-37,41,51-55H,15-19,21H2,1-10H3,(H,47,57)/b12-11+,20-14+,24-13-,46-22+/t23-,25+,26+,27+,31-,36-,37+,41+,45-/m0/s1. The zero-order valence-electron chi connectivity index (χ0n) is 37.2. The van der Waals surface area contributed by atoms with Crippen LogP contribution in [0.25, 0.3) is 10.8 Å². The van der Waals surface area contributed by atoms with Gasteiger partial charge in [-0.25, -0.2) is 0 Å². The summed E-state index contributed by atoms with van der Waals surface area (Å²) < 4.78 is 23.6. The molecule has 0 unspecified atom stereocenters. The van der Waals surface area contributed by atoms with Crippen molar-refractivity contribution in [3.8, 4) is 23.0 Å². The molecule has 0 spiro atoms. The summed E-state index contributed by atoms with van der Waals surface area (Å²) in [5.74, 6) is -8.61. The second kappa shape index (κ2) is 19.9.